The third-order valence-electron chi connectivity index (χ3n) is 4.74. The molecule has 1 aromatic rings. The molecule has 2 bridgehead atoms. The molecule has 0 radical (unpaired) electrons. The van der Waals surface area contributed by atoms with Gasteiger partial charge in [0.25, 0.3) is 0 Å². The highest BCUT2D eigenvalue weighted by molar-refractivity contribution is 5.88. The first-order chi connectivity index (χ1) is 9.78. The Morgan fingerprint density at radius 3 is 2.60 bits per heavy atom. The third kappa shape index (κ3) is 2.76. The number of fused-ring (bicyclic) bond motifs is 3. The summed E-state index contributed by atoms with van der Waals surface area (Å²) in [6.45, 7) is 7.13. The molecule has 1 unspecified atom stereocenters. The molecule has 3 aliphatic heterocycles. The van der Waals surface area contributed by atoms with Crippen molar-refractivity contribution >= 4 is 5.78 Å². The second kappa shape index (κ2) is 6.02. The number of hydrogen-bond donors (Lipinski definition) is 0. The maximum atomic E-state index is 12.4. The van der Waals surface area contributed by atoms with Crippen molar-refractivity contribution in [3.8, 4) is 0 Å². The van der Waals surface area contributed by atoms with E-state index in [9.17, 15) is 4.79 Å². The average molecular weight is 273 g/mol. The van der Waals surface area contributed by atoms with Crippen molar-refractivity contribution in [3.63, 3.8) is 0 Å². The molecule has 0 aromatic carbocycles. The van der Waals surface area contributed by atoms with Gasteiger partial charge in [-0.1, -0.05) is 6.92 Å². The number of aromatic nitrogens is 1. The molecule has 20 heavy (non-hydrogen) atoms. The summed E-state index contributed by atoms with van der Waals surface area (Å²) in [5, 5.41) is 0. The number of nitrogens with zero attached hydrogens (tertiary/aromatic N) is 3. The predicted molar refractivity (Wildman–Crippen MR) is 78.3 cm³/mol. The van der Waals surface area contributed by atoms with Crippen molar-refractivity contribution < 1.29 is 4.79 Å². The Hall–Kier alpha value is -1.26. The van der Waals surface area contributed by atoms with Gasteiger partial charge in [0.2, 0.25) is 0 Å². The Bertz CT molecular complexity index is 454. The standard InChI is InChI=1S/C16H23N3O/c1-2-18(11-13-3-7-17-8-4-13)12-15-16(20)14-5-9-19(15)10-6-14/h3-4,7-8,14-15H,2,5-6,9-12H2,1H3. The highest BCUT2D eigenvalue weighted by Gasteiger charge is 2.41. The minimum absolute atomic E-state index is 0.129. The topological polar surface area (TPSA) is 36.4 Å². The lowest BCUT2D eigenvalue weighted by molar-refractivity contribution is -0.138. The number of pyridine rings is 1. The number of carbonyl (C=O) groups excluding carboxylic acids is 1. The van der Waals surface area contributed by atoms with Gasteiger partial charge in [0.05, 0.1) is 6.04 Å². The molecule has 0 spiro atoms. The van der Waals surface area contributed by atoms with Crippen LogP contribution >= 0.6 is 0 Å². The lowest BCUT2D eigenvalue weighted by Gasteiger charge is -2.45. The molecule has 4 heterocycles. The van der Waals surface area contributed by atoms with Gasteiger partial charge in [-0.15, -0.1) is 0 Å². The van der Waals surface area contributed by atoms with E-state index in [0.717, 1.165) is 45.6 Å². The molecule has 4 heteroatoms. The van der Waals surface area contributed by atoms with Crippen LogP contribution < -0.4 is 0 Å². The van der Waals surface area contributed by atoms with Gasteiger partial charge in [-0.3, -0.25) is 19.6 Å². The Morgan fingerprint density at radius 1 is 1.30 bits per heavy atom. The molecule has 3 aliphatic rings. The maximum Gasteiger partial charge on any atom is 0.154 e. The fourth-order valence-electron chi connectivity index (χ4n) is 3.45. The quantitative estimate of drug-likeness (QED) is 0.816. The van der Waals surface area contributed by atoms with E-state index in [1.807, 2.05) is 12.4 Å². The van der Waals surface area contributed by atoms with E-state index in [1.165, 1.54) is 5.56 Å². The summed E-state index contributed by atoms with van der Waals surface area (Å²) in [4.78, 5) is 21.2. The number of hydrogen-bond acceptors (Lipinski definition) is 4. The van der Waals surface area contributed by atoms with Crippen molar-refractivity contribution in [2.75, 3.05) is 26.2 Å². The third-order valence-corrected chi connectivity index (χ3v) is 4.74. The molecule has 3 saturated heterocycles. The first kappa shape index (κ1) is 13.7. The van der Waals surface area contributed by atoms with E-state index >= 15 is 0 Å². The molecule has 0 N–H and O–H groups in total. The summed E-state index contributed by atoms with van der Waals surface area (Å²) < 4.78 is 0. The zero-order chi connectivity index (χ0) is 13.9. The Kier molecular flexibility index (Phi) is 4.13. The highest BCUT2D eigenvalue weighted by atomic mass is 16.1. The number of likely N-dealkylation sites (N-methyl/N-ethyl adjacent to an activating group) is 1. The van der Waals surface area contributed by atoms with Gasteiger partial charge in [0, 0.05) is 31.4 Å². The second-order valence-corrected chi connectivity index (χ2v) is 5.91. The van der Waals surface area contributed by atoms with Crippen LogP contribution in [0.2, 0.25) is 0 Å². The minimum Gasteiger partial charge on any atom is -0.298 e. The zero-order valence-corrected chi connectivity index (χ0v) is 12.2. The number of piperidine rings is 3. The molecule has 0 amide bonds. The van der Waals surface area contributed by atoms with E-state index in [2.05, 4.69) is 33.8 Å². The van der Waals surface area contributed by atoms with Crippen molar-refractivity contribution in [2.45, 2.75) is 32.4 Å². The predicted octanol–water partition coefficient (Wildman–Crippen LogP) is 1.57. The highest BCUT2D eigenvalue weighted by Crippen LogP contribution is 2.29. The summed E-state index contributed by atoms with van der Waals surface area (Å²) >= 11 is 0. The smallest absolute Gasteiger partial charge is 0.154 e. The average Bonchev–Trinajstić information content (AvgIpc) is 2.51. The number of Topliss-reactive ketones (excluding diaryl/α,β-unsaturated/α-hetero) is 1. The lowest BCUT2D eigenvalue weighted by Crippen LogP contribution is -2.59. The molecule has 0 aliphatic carbocycles. The fourth-order valence-corrected chi connectivity index (χ4v) is 3.45. The SMILES string of the molecule is CCN(Cc1ccncc1)CC1C(=O)C2CCN1CC2. The fraction of sp³-hybridized carbons (Fsp3) is 0.625. The molecular weight excluding hydrogens is 250 g/mol. The summed E-state index contributed by atoms with van der Waals surface area (Å²) in [5.74, 6) is 0.820. The van der Waals surface area contributed by atoms with E-state index < -0.39 is 0 Å². The van der Waals surface area contributed by atoms with Crippen LogP contribution in [0.15, 0.2) is 24.5 Å². The maximum absolute atomic E-state index is 12.4. The Balaban J connectivity index is 1.64. The Labute approximate surface area is 120 Å². The van der Waals surface area contributed by atoms with Gasteiger partial charge in [0.1, 0.15) is 0 Å². The second-order valence-electron chi connectivity index (χ2n) is 5.91. The van der Waals surface area contributed by atoms with E-state index in [0.29, 0.717) is 11.7 Å². The number of rotatable bonds is 5. The summed E-state index contributed by atoms with van der Waals surface area (Å²) in [5.41, 5.74) is 1.27. The van der Waals surface area contributed by atoms with Gasteiger partial charge in [0.15, 0.2) is 5.78 Å². The zero-order valence-electron chi connectivity index (χ0n) is 12.2. The molecule has 0 saturated carbocycles. The van der Waals surface area contributed by atoms with Crippen molar-refractivity contribution in [1.82, 2.24) is 14.8 Å². The number of carbonyl (C=O) groups is 1. The summed E-state index contributed by atoms with van der Waals surface area (Å²) in [6, 6.07) is 4.24. The molecule has 4 rings (SSSR count). The largest absolute Gasteiger partial charge is 0.298 e. The van der Waals surface area contributed by atoms with Gasteiger partial charge in [-0.2, -0.15) is 0 Å². The van der Waals surface area contributed by atoms with E-state index in [4.69, 9.17) is 0 Å². The monoisotopic (exact) mass is 273 g/mol. The first-order valence-corrected chi connectivity index (χ1v) is 7.67. The van der Waals surface area contributed by atoms with E-state index in [-0.39, 0.29) is 6.04 Å². The normalized spacial score (nSPS) is 29.1. The molecule has 1 aromatic heterocycles. The van der Waals surface area contributed by atoms with Crippen LogP contribution in [0.1, 0.15) is 25.3 Å². The van der Waals surface area contributed by atoms with Crippen LogP contribution in [0.5, 0.6) is 0 Å². The van der Waals surface area contributed by atoms with Crippen molar-refractivity contribution in [3.05, 3.63) is 30.1 Å². The number of ketones is 1. The van der Waals surface area contributed by atoms with Crippen LogP contribution in [0, 0.1) is 5.92 Å². The van der Waals surface area contributed by atoms with E-state index in [1.54, 1.807) is 0 Å². The molecular formula is C16H23N3O. The van der Waals surface area contributed by atoms with Crippen LogP contribution in [-0.4, -0.2) is 52.8 Å². The minimum atomic E-state index is 0.129. The van der Waals surface area contributed by atoms with Gasteiger partial charge >= 0.3 is 0 Å². The van der Waals surface area contributed by atoms with Crippen LogP contribution in [0.25, 0.3) is 0 Å². The van der Waals surface area contributed by atoms with Gasteiger partial charge in [-0.05, 0) is 50.2 Å². The Morgan fingerprint density at radius 2 is 2.00 bits per heavy atom. The molecule has 1 atom stereocenters. The van der Waals surface area contributed by atoms with Crippen LogP contribution in [-0.2, 0) is 11.3 Å². The first-order valence-electron chi connectivity index (χ1n) is 7.67. The summed E-state index contributed by atoms with van der Waals surface area (Å²) in [7, 11) is 0. The van der Waals surface area contributed by atoms with Gasteiger partial charge < -0.3 is 0 Å². The lowest BCUT2D eigenvalue weighted by atomic mass is 9.82. The summed E-state index contributed by atoms with van der Waals surface area (Å²) in [6.07, 6.45) is 5.82. The molecule has 4 nitrogen and oxygen atoms in total. The van der Waals surface area contributed by atoms with Crippen molar-refractivity contribution in [1.29, 1.82) is 0 Å². The molecule has 3 fully saturated rings. The van der Waals surface area contributed by atoms with Crippen molar-refractivity contribution in [2.24, 2.45) is 5.92 Å². The van der Waals surface area contributed by atoms with Crippen LogP contribution in [0.3, 0.4) is 0 Å². The van der Waals surface area contributed by atoms with Gasteiger partial charge in [-0.25, -0.2) is 0 Å². The van der Waals surface area contributed by atoms with Crippen LogP contribution in [0.4, 0.5) is 0 Å². The molecule has 108 valence electrons.